The molecule has 0 aromatic heterocycles. The smallest absolute Gasteiger partial charge is 0.243 e. The molecule has 0 fully saturated rings. The summed E-state index contributed by atoms with van der Waals surface area (Å²) >= 11 is 0. The van der Waals surface area contributed by atoms with Gasteiger partial charge in [-0.3, -0.25) is 9.59 Å². The van der Waals surface area contributed by atoms with E-state index in [9.17, 15) is 9.59 Å². The molecule has 0 spiro atoms. The molecule has 0 aliphatic carbocycles. The van der Waals surface area contributed by atoms with Crippen molar-refractivity contribution in [3.05, 3.63) is 95.1 Å². The number of carbonyl (C=O) groups excluding carboxylic acids is 2. The third-order valence-electron chi connectivity index (χ3n) is 6.32. The monoisotopic (exact) mass is 486 g/mol. The van der Waals surface area contributed by atoms with E-state index >= 15 is 0 Å². The Kier molecular flexibility index (Phi) is 8.61. The minimum Gasteiger partial charge on any atom is -0.454 e. The lowest BCUT2D eigenvalue weighted by Crippen LogP contribution is -2.50. The summed E-state index contributed by atoms with van der Waals surface area (Å²) in [7, 11) is 0. The molecular weight excluding hydrogens is 452 g/mol. The minimum absolute atomic E-state index is 0.0539. The van der Waals surface area contributed by atoms with Gasteiger partial charge in [-0.2, -0.15) is 0 Å². The molecule has 1 unspecified atom stereocenters. The van der Waals surface area contributed by atoms with E-state index in [4.69, 9.17) is 9.47 Å². The number of ether oxygens (including phenoxy) is 2. The first-order valence-corrected chi connectivity index (χ1v) is 12.6. The molecule has 6 nitrogen and oxygen atoms in total. The van der Waals surface area contributed by atoms with Crippen LogP contribution in [0.3, 0.4) is 0 Å². The van der Waals surface area contributed by atoms with Crippen molar-refractivity contribution >= 4 is 11.8 Å². The number of benzene rings is 3. The molecule has 0 saturated heterocycles. The number of hydrogen-bond acceptors (Lipinski definition) is 4. The molecule has 3 aromatic rings. The summed E-state index contributed by atoms with van der Waals surface area (Å²) in [5.74, 6) is 1.26. The van der Waals surface area contributed by atoms with Crippen LogP contribution in [0, 0.1) is 6.92 Å². The molecule has 2 amide bonds. The zero-order chi connectivity index (χ0) is 25.3. The van der Waals surface area contributed by atoms with Crippen LogP contribution in [0.1, 0.15) is 42.0 Å². The molecule has 3 aromatic carbocycles. The van der Waals surface area contributed by atoms with Crippen molar-refractivity contribution in [2.24, 2.45) is 0 Å². The summed E-state index contributed by atoms with van der Waals surface area (Å²) < 4.78 is 10.9. The summed E-state index contributed by atoms with van der Waals surface area (Å²) in [5, 5.41) is 3.02. The lowest BCUT2D eigenvalue weighted by Gasteiger charge is -2.32. The summed E-state index contributed by atoms with van der Waals surface area (Å²) in [4.78, 5) is 28.9. The molecule has 1 N–H and O–H groups in total. The van der Waals surface area contributed by atoms with E-state index in [0.29, 0.717) is 31.7 Å². The Labute approximate surface area is 213 Å². The molecule has 1 atom stereocenters. The summed E-state index contributed by atoms with van der Waals surface area (Å²) in [6.07, 6.45) is 2.13. The molecule has 188 valence electrons. The van der Waals surface area contributed by atoms with Gasteiger partial charge in [-0.15, -0.1) is 0 Å². The molecule has 6 heteroatoms. The molecular formula is C30H34N2O4. The van der Waals surface area contributed by atoms with Crippen LogP contribution < -0.4 is 14.8 Å². The van der Waals surface area contributed by atoms with Gasteiger partial charge in [-0.05, 0) is 48.6 Å². The van der Waals surface area contributed by atoms with Gasteiger partial charge in [0.2, 0.25) is 18.6 Å². The number of aryl methyl sites for hydroxylation is 2. The maximum Gasteiger partial charge on any atom is 0.243 e. The topological polar surface area (TPSA) is 67.9 Å². The number of nitrogens with zero attached hydrogens (tertiary/aromatic N) is 1. The fourth-order valence-corrected chi connectivity index (χ4v) is 4.42. The summed E-state index contributed by atoms with van der Waals surface area (Å²) in [6.45, 7) is 5.22. The highest BCUT2D eigenvalue weighted by molar-refractivity contribution is 5.88. The molecule has 0 radical (unpaired) electrons. The van der Waals surface area contributed by atoms with Gasteiger partial charge < -0.3 is 19.7 Å². The third kappa shape index (κ3) is 6.66. The average molecular weight is 487 g/mol. The van der Waals surface area contributed by atoms with E-state index < -0.39 is 6.04 Å². The second kappa shape index (κ2) is 12.2. The predicted molar refractivity (Wildman–Crippen MR) is 140 cm³/mol. The van der Waals surface area contributed by atoms with Crippen LogP contribution in [-0.4, -0.2) is 36.1 Å². The Morgan fingerprint density at radius 2 is 1.69 bits per heavy atom. The van der Waals surface area contributed by atoms with Gasteiger partial charge in [0.1, 0.15) is 6.04 Å². The van der Waals surface area contributed by atoms with E-state index in [-0.39, 0.29) is 25.0 Å². The van der Waals surface area contributed by atoms with Crippen molar-refractivity contribution in [2.45, 2.75) is 52.1 Å². The van der Waals surface area contributed by atoms with Crippen LogP contribution in [0.15, 0.2) is 72.8 Å². The SMILES string of the molecule is CCCNC(=O)C(Cc1ccccc1)N(Cc1cccc(C)c1)C(=O)CCc1ccc2c(c1)OCO2. The Bertz CT molecular complexity index is 1180. The Morgan fingerprint density at radius 1 is 0.917 bits per heavy atom. The fraction of sp³-hybridized carbons (Fsp3) is 0.333. The first-order valence-electron chi connectivity index (χ1n) is 12.6. The van der Waals surface area contributed by atoms with Crippen LogP contribution in [0.25, 0.3) is 0 Å². The Morgan fingerprint density at radius 3 is 2.47 bits per heavy atom. The maximum atomic E-state index is 13.7. The summed E-state index contributed by atoms with van der Waals surface area (Å²) in [5.41, 5.74) is 4.15. The van der Waals surface area contributed by atoms with Gasteiger partial charge in [-0.25, -0.2) is 0 Å². The van der Waals surface area contributed by atoms with Crippen molar-refractivity contribution in [1.29, 1.82) is 0 Å². The van der Waals surface area contributed by atoms with E-state index in [2.05, 4.69) is 11.4 Å². The molecule has 1 heterocycles. The van der Waals surface area contributed by atoms with Gasteiger partial charge in [-0.1, -0.05) is 73.2 Å². The second-order valence-electron chi connectivity index (χ2n) is 9.19. The number of carbonyl (C=O) groups is 2. The van der Waals surface area contributed by atoms with Crippen molar-refractivity contribution in [3.63, 3.8) is 0 Å². The first kappa shape index (κ1) is 25.3. The number of fused-ring (bicyclic) bond motifs is 1. The molecule has 1 aliphatic rings. The van der Waals surface area contributed by atoms with Crippen molar-refractivity contribution < 1.29 is 19.1 Å². The Balaban J connectivity index is 1.58. The van der Waals surface area contributed by atoms with Crippen LogP contribution in [0.4, 0.5) is 0 Å². The van der Waals surface area contributed by atoms with Gasteiger partial charge >= 0.3 is 0 Å². The zero-order valence-corrected chi connectivity index (χ0v) is 21.0. The number of hydrogen-bond donors (Lipinski definition) is 1. The molecule has 4 rings (SSSR count). The molecule has 0 saturated carbocycles. The first-order chi connectivity index (χ1) is 17.5. The second-order valence-corrected chi connectivity index (χ2v) is 9.19. The highest BCUT2D eigenvalue weighted by atomic mass is 16.7. The van der Waals surface area contributed by atoms with Crippen molar-refractivity contribution in [2.75, 3.05) is 13.3 Å². The highest BCUT2D eigenvalue weighted by Crippen LogP contribution is 2.33. The number of rotatable bonds is 11. The average Bonchev–Trinajstić information content (AvgIpc) is 3.36. The van der Waals surface area contributed by atoms with Gasteiger partial charge in [0.15, 0.2) is 11.5 Å². The minimum atomic E-state index is -0.608. The van der Waals surface area contributed by atoms with Gasteiger partial charge in [0, 0.05) is 25.9 Å². The quantitative estimate of drug-likeness (QED) is 0.422. The zero-order valence-electron chi connectivity index (χ0n) is 21.0. The number of nitrogens with one attached hydrogen (secondary N) is 1. The van der Waals surface area contributed by atoms with Crippen LogP contribution >= 0.6 is 0 Å². The van der Waals surface area contributed by atoms with Crippen LogP contribution in [0.2, 0.25) is 0 Å². The van der Waals surface area contributed by atoms with Gasteiger partial charge in [0.25, 0.3) is 0 Å². The van der Waals surface area contributed by atoms with Crippen LogP contribution in [-0.2, 0) is 29.0 Å². The highest BCUT2D eigenvalue weighted by Gasteiger charge is 2.30. The van der Waals surface area contributed by atoms with Crippen molar-refractivity contribution in [1.82, 2.24) is 10.2 Å². The fourth-order valence-electron chi connectivity index (χ4n) is 4.42. The van der Waals surface area contributed by atoms with Gasteiger partial charge in [0.05, 0.1) is 0 Å². The largest absolute Gasteiger partial charge is 0.454 e. The lowest BCUT2D eigenvalue weighted by molar-refractivity contribution is -0.141. The molecule has 36 heavy (non-hydrogen) atoms. The Hall–Kier alpha value is -3.80. The van der Waals surface area contributed by atoms with E-state index in [1.165, 1.54) is 0 Å². The summed E-state index contributed by atoms with van der Waals surface area (Å²) in [6, 6.07) is 23.1. The molecule has 1 aliphatic heterocycles. The predicted octanol–water partition coefficient (Wildman–Crippen LogP) is 4.82. The standard InChI is InChI=1S/C30H34N2O4/c1-3-16-31-30(34)26(18-23-9-5-4-6-10-23)32(20-25-11-7-8-22(2)17-25)29(33)15-13-24-12-14-27-28(19-24)36-21-35-27/h4-12,14,17,19,26H,3,13,15-16,18,20-21H2,1-2H3,(H,31,34). The lowest BCUT2D eigenvalue weighted by atomic mass is 10.0. The van der Waals surface area contributed by atoms with E-state index in [1.807, 2.05) is 80.6 Å². The maximum absolute atomic E-state index is 13.7. The van der Waals surface area contributed by atoms with Crippen molar-refractivity contribution in [3.8, 4) is 11.5 Å². The van der Waals surface area contributed by atoms with E-state index in [1.54, 1.807) is 4.90 Å². The van der Waals surface area contributed by atoms with E-state index in [0.717, 1.165) is 34.4 Å². The number of amides is 2. The molecule has 0 bridgehead atoms. The normalized spacial score (nSPS) is 12.7. The third-order valence-corrected chi connectivity index (χ3v) is 6.32. The van der Waals surface area contributed by atoms with Crippen LogP contribution in [0.5, 0.6) is 11.5 Å².